The van der Waals surface area contributed by atoms with E-state index < -0.39 is 15.8 Å². The molecule has 0 aliphatic carbocycles. The van der Waals surface area contributed by atoms with Crippen molar-refractivity contribution in [2.75, 3.05) is 26.7 Å². The third kappa shape index (κ3) is 4.37. The highest BCUT2D eigenvalue weighted by atomic mass is 32.2. The van der Waals surface area contributed by atoms with E-state index in [2.05, 4.69) is 4.90 Å². The van der Waals surface area contributed by atoms with Crippen LogP contribution in [-0.2, 0) is 10.0 Å². The second-order valence-electron chi connectivity index (χ2n) is 8.74. The second-order valence-corrected chi connectivity index (χ2v) is 10.6. The molecule has 182 valence electrons. The summed E-state index contributed by atoms with van der Waals surface area (Å²) in [7, 11) is -2.15. The lowest BCUT2D eigenvalue weighted by atomic mass is 10.1. The topological polar surface area (TPSA) is 71.4 Å². The van der Waals surface area contributed by atoms with Crippen molar-refractivity contribution in [1.82, 2.24) is 9.21 Å². The van der Waals surface area contributed by atoms with Gasteiger partial charge < -0.3 is 14.4 Å². The summed E-state index contributed by atoms with van der Waals surface area (Å²) in [6, 6.07) is 16.0. The highest BCUT2D eigenvalue weighted by molar-refractivity contribution is 7.89. The molecule has 1 unspecified atom stereocenters. The van der Waals surface area contributed by atoms with Crippen LogP contribution in [0.4, 0.5) is 10.1 Å². The molecule has 0 aromatic heterocycles. The van der Waals surface area contributed by atoms with E-state index in [-0.39, 0.29) is 17.5 Å². The lowest BCUT2D eigenvalue weighted by molar-refractivity contribution is 0.205. The van der Waals surface area contributed by atoms with Crippen LogP contribution in [0.5, 0.6) is 17.2 Å². The maximum absolute atomic E-state index is 13.3. The van der Waals surface area contributed by atoms with Crippen molar-refractivity contribution >= 4 is 21.5 Å². The normalized spacial score (nSPS) is 18.1. The van der Waals surface area contributed by atoms with Crippen LogP contribution in [0.25, 0.3) is 0 Å². The predicted octanol–water partition coefficient (Wildman–Crippen LogP) is 4.72. The van der Waals surface area contributed by atoms with Crippen LogP contribution in [0, 0.1) is 12.7 Å². The zero-order valence-corrected chi connectivity index (χ0v) is 20.5. The molecule has 9 heteroatoms. The number of ether oxygens (including phenoxy) is 2. The Kier molecular flexibility index (Phi) is 5.98. The first-order chi connectivity index (χ1) is 16.8. The van der Waals surface area contributed by atoms with E-state index in [1.165, 1.54) is 16.4 Å². The zero-order valence-electron chi connectivity index (χ0n) is 19.7. The Hall–Kier alpha value is -3.43. The van der Waals surface area contributed by atoms with Crippen LogP contribution in [0.3, 0.4) is 0 Å². The van der Waals surface area contributed by atoms with Crippen LogP contribution < -0.4 is 9.47 Å². The van der Waals surface area contributed by atoms with Gasteiger partial charge in [-0.15, -0.1) is 0 Å². The number of nitrogens with zero attached hydrogens (tertiary/aromatic N) is 3. The van der Waals surface area contributed by atoms with Crippen LogP contribution in [0.1, 0.15) is 18.1 Å². The summed E-state index contributed by atoms with van der Waals surface area (Å²) in [5.74, 6) is 2.22. The largest absolute Gasteiger partial charge is 0.497 e. The van der Waals surface area contributed by atoms with E-state index in [0.29, 0.717) is 41.9 Å². The van der Waals surface area contributed by atoms with Gasteiger partial charge in [0.05, 0.1) is 17.6 Å². The Labute approximate surface area is 204 Å². The van der Waals surface area contributed by atoms with Gasteiger partial charge in [-0.2, -0.15) is 4.31 Å². The number of aryl methyl sites for hydroxylation is 1. The summed E-state index contributed by atoms with van der Waals surface area (Å²) in [5, 5.41) is 0. The van der Waals surface area contributed by atoms with E-state index in [0.717, 1.165) is 23.3 Å². The summed E-state index contributed by atoms with van der Waals surface area (Å²) in [6.07, 6.45) is 0. The van der Waals surface area contributed by atoms with Crippen molar-refractivity contribution in [3.05, 3.63) is 77.6 Å². The van der Waals surface area contributed by atoms with E-state index in [1.54, 1.807) is 7.11 Å². The number of hydrogen-bond acceptors (Lipinski definition) is 6. The van der Waals surface area contributed by atoms with E-state index >= 15 is 0 Å². The van der Waals surface area contributed by atoms with Crippen molar-refractivity contribution < 1.29 is 22.3 Å². The first-order valence-electron chi connectivity index (χ1n) is 11.3. The Morgan fingerprint density at radius 1 is 1.03 bits per heavy atom. The molecule has 3 aromatic rings. The van der Waals surface area contributed by atoms with E-state index in [1.807, 2.05) is 50.2 Å². The Morgan fingerprint density at radius 3 is 2.51 bits per heavy atom. The molecule has 0 N–H and O–H groups in total. The molecule has 1 fully saturated rings. The number of halogens is 1. The summed E-state index contributed by atoms with van der Waals surface area (Å²) in [4.78, 5) is 7.13. The molecule has 1 saturated heterocycles. The highest BCUT2D eigenvalue weighted by Crippen LogP contribution is 2.40. The zero-order chi connectivity index (χ0) is 24.7. The fourth-order valence-electron chi connectivity index (χ4n) is 4.46. The molecule has 2 aliphatic rings. The molecule has 0 radical (unpaired) electrons. The van der Waals surface area contributed by atoms with Gasteiger partial charge in [0.1, 0.15) is 28.8 Å². The van der Waals surface area contributed by atoms with E-state index in [4.69, 9.17) is 14.5 Å². The molecule has 0 bridgehead atoms. The fourth-order valence-corrected chi connectivity index (χ4v) is 6.07. The van der Waals surface area contributed by atoms with Gasteiger partial charge in [-0.25, -0.2) is 17.8 Å². The Bertz CT molecular complexity index is 1410. The number of fused-ring (bicyclic) bond motifs is 2. The van der Waals surface area contributed by atoms with Gasteiger partial charge in [-0.1, -0.05) is 6.07 Å². The van der Waals surface area contributed by atoms with Crippen molar-refractivity contribution in [2.45, 2.75) is 24.8 Å². The minimum Gasteiger partial charge on any atom is -0.497 e. The molecule has 35 heavy (non-hydrogen) atoms. The minimum absolute atomic E-state index is 0.0822. The fraction of sp³-hybridized carbons (Fsp3) is 0.269. The van der Waals surface area contributed by atoms with Gasteiger partial charge in [0, 0.05) is 25.7 Å². The number of hydrogen-bond donors (Lipinski definition) is 0. The molecule has 7 nitrogen and oxygen atoms in total. The first kappa shape index (κ1) is 23.3. The maximum atomic E-state index is 13.3. The predicted molar refractivity (Wildman–Crippen MR) is 132 cm³/mol. The van der Waals surface area contributed by atoms with Crippen LogP contribution in [0.2, 0.25) is 0 Å². The number of sulfonamides is 1. The Balaban J connectivity index is 1.50. The standard InChI is InChI=1S/C26H26FN3O4S/c1-17-4-10-23-25(14-17)34-24-11-7-20(33-3)15-22(24)26(28-23)29-12-13-30(18(2)16-29)35(31,32)21-8-5-19(27)6-9-21/h4-11,14-15,18H,12-13,16H2,1-3H3. The number of amidine groups is 1. The molecule has 3 aromatic carbocycles. The molecule has 2 aliphatic heterocycles. The average molecular weight is 496 g/mol. The summed E-state index contributed by atoms with van der Waals surface area (Å²) < 4.78 is 53.0. The van der Waals surface area contributed by atoms with Crippen LogP contribution >= 0.6 is 0 Å². The van der Waals surface area contributed by atoms with Crippen LogP contribution in [0.15, 0.2) is 70.6 Å². The molecule has 0 spiro atoms. The number of rotatable bonds is 3. The molecular weight excluding hydrogens is 469 g/mol. The third-order valence-corrected chi connectivity index (χ3v) is 8.30. The monoisotopic (exact) mass is 495 g/mol. The van der Waals surface area contributed by atoms with Crippen molar-refractivity contribution in [2.24, 2.45) is 4.99 Å². The van der Waals surface area contributed by atoms with Gasteiger partial charge in [-0.3, -0.25) is 0 Å². The van der Waals surface area contributed by atoms with Crippen molar-refractivity contribution in [3.8, 4) is 17.2 Å². The van der Waals surface area contributed by atoms with Crippen LogP contribution in [-0.4, -0.2) is 56.2 Å². The SMILES string of the molecule is COc1ccc2c(c1)C(N1CCN(S(=O)(=O)c3ccc(F)cc3)C(C)C1)=Nc1ccc(C)cc1O2. The summed E-state index contributed by atoms with van der Waals surface area (Å²) in [5.41, 5.74) is 2.54. The average Bonchev–Trinajstić information content (AvgIpc) is 2.99. The van der Waals surface area contributed by atoms with Gasteiger partial charge in [0.15, 0.2) is 5.75 Å². The molecule has 2 heterocycles. The van der Waals surface area contributed by atoms with Gasteiger partial charge in [-0.05, 0) is 74.0 Å². The number of piperazine rings is 1. The lowest BCUT2D eigenvalue weighted by Crippen LogP contribution is -2.55. The van der Waals surface area contributed by atoms with Crippen molar-refractivity contribution in [1.29, 1.82) is 0 Å². The maximum Gasteiger partial charge on any atom is 0.243 e. The van der Waals surface area contributed by atoms with Gasteiger partial charge in [0.2, 0.25) is 10.0 Å². The van der Waals surface area contributed by atoms with Crippen molar-refractivity contribution in [3.63, 3.8) is 0 Å². The quantitative estimate of drug-likeness (QED) is 0.526. The summed E-state index contributed by atoms with van der Waals surface area (Å²) in [6.45, 7) is 4.99. The number of aliphatic imine (C=N–C) groups is 1. The molecular formula is C26H26FN3O4S. The van der Waals surface area contributed by atoms with Gasteiger partial charge >= 0.3 is 0 Å². The molecule has 5 rings (SSSR count). The third-order valence-electron chi connectivity index (χ3n) is 6.28. The molecule has 1 atom stereocenters. The van der Waals surface area contributed by atoms with Gasteiger partial charge in [0.25, 0.3) is 0 Å². The smallest absolute Gasteiger partial charge is 0.243 e. The lowest BCUT2D eigenvalue weighted by Gasteiger charge is -2.40. The number of methoxy groups -OCH3 is 1. The first-order valence-corrected chi connectivity index (χ1v) is 12.8. The highest BCUT2D eigenvalue weighted by Gasteiger charge is 2.36. The summed E-state index contributed by atoms with van der Waals surface area (Å²) >= 11 is 0. The minimum atomic E-state index is -3.76. The Morgan fingerprint density at radius 2 is 1.80 bits per heavy atom. The second kappa shape index (κ2) is 8.98. The molecule has 0 saturated carbocycles. The van der Waals surface area contributed by atoms with E-state index in [9.17, 15) is 12.8 Å². The molecule has 0 amide bonds. The number of benzene rings is 3.